The lowest BCUT2D eigenvalue weighted by molar-refractivity contribution is 0.267. The van der Waals surface area contributed by atoms with Gasteiger partial charge in [-0.3, -0.25) is 0 Å². The first-order chi connectivity index (χ1) is 13.6. The average Bonchev–Trinajstić information content (AvgIpc) is 2.68. The first-order valence-corrected chi connectivity index (χ1v) is 10.6. The predicted molar refractivity (Wildman–Crippen MR) is 124 cm³/mol. The van der Waals surface area contributed by atoms with Crippen molar-refractivity contribution in [3.8, 4) is 11.5 Å². The maximum Gasteiger partial charge on any atom is 0.174 e. The molecule has 3 aromatic carbocycles. The molecule has 0 aliphatic carbocycles. The van der Waals surface area contributed by atoms with E-state index in [9.17, 15) is 0 Å². The number of anilines is 1. The SMILES string of the molecule is CCOc1cc(CNc2ccc(C)cc2C)cc(I)c1OCc1ccccc1. The second-order valence-corrected chi connectivity index (χ2v) is 7.95. The van der Waals surface area contributed by atoms with Crippen molar-refractivity contribution < 1.29 is 9.47 Å². The topological polar surface area (TPSA) is 30.5 Å². The van der Waals surface area contributed by atoms with Gasteiger partial charge in [-0.1, -0.05) is 48.0 Å². The van der Waals surface area contributed by atoms with Crippen molar-refractivity contribution in [1.82, 2.24) is 0 Å². The van der Waals surface area contributed by atoms with Gasteiger partial charge in [0.1, 0.15) is 6.61 Å². The minimum atomic E-state index is 0.525. The van der Waals surface area contributed by atoms with E-state index in [-0.39, 0.29) is 0 Å². The third-order valence-corrected chi connectivity index (χ3v) is 5.26. The zero-order chi connectivity index (χ0) is 19.9. The molecular weight excluding hydrogens is 461 g/mol. The molecule has 0 aliphatic heterocycles. The number of rotatable bonds is 8. The highest BCUT2D eigenvalue weighted by Crippen LogP contribution is 2.35. The maximum absolute atomic E-state index is 6.10. The summed E-state index contributed by atoms with van der Waals surface area (Å²) in [6.45, 7) is 8.10. The number of hydrogen-bond donors (Lipinski definition) is 1. The van der Waals surface area contributed by atoms with Crippen molar-refractivity contribution in [1.29, 1.82) is 0 Å². The number of ether oxygens (including phenoxy) is 2. The molecule has 28 heavy (non-hydrogen) atoms. The highest BCUT2D eigenvalue weighted by Gasteiger charge is 2.13. The van der Waals surface area contributed by atoms with Gasteiger partial charge in [-0.25, -0.2) is 0 Å². The molecular formula is C24H26INO2. The van der Waals surface area contributed by atoms with Crippen LogP contribution in [0.25, 0.3) is 0 Å². The van der Waals surface area contributed by atoms with Crippen LogP contribution < -0.4 is 14.8 Å². The molecule has 0 atom stereocenters. The lowest BCUT2D eigenvalue weighted by Crippen LogP contribution is -2.05. The molecule has 3 aromatic rings. The van der Waals surface area contributed by atoms with Gasteiger partial charge in [-0.05, 0) is 78.3 Å². The molecule has 0 bridgehead atoms. The van der Waals surface area contributed by atoms with Gasteiger partial charge in [0.25, 0.3) is 0 Å². The molecule has 0 radical (unpaired) electrons. The molecule has 0 spiro atoms. The Balaban J connectivity index is 1.75. The van der Waals surface area contributed by atoms with Gasteiger partial charge < -0.3 is 14.8 Å². The Kier molecular flexibility index (Phi) is 7.20. The summed E-state index contributed by atoms with van der Waals surface area (Å²) in [5.41, 5.74) is 5.99. The molecule has 0 unspecified atom stereocenters. The highest BCUT2D eigenvalue weighted by molar-refractivity contribution is 14.1. The van der Waals surface area contributed by atoms with E-state index >= 15 is 0 Å². The Morgan fingerprint density at radius 1 is 0.893 bits per heavy atom. The molecule has 1 N–H and O–H groups in total. The molecule has 0 heterocycles. The summed E-state index contributed by atoms with van der Waals surface area (Å²) in [5.74, 6) is 1.60. The lowest BCUT2D eigenvalue weighted by Gasteiger charge is -2.17. The zero-order valence-electron chi connectivity index (χ0n) is 16.6. The normalized spacial score (nSPS) is 10.6. The highest BCUT2D eigenvalue weighted by atomic mass is 127. The summed E-state index contributed by atoms with van der Waals surface area (Å²) < 4.78 is 13.0. The minimum Gasteiger partial charge on any atom is -0.490 e. The van der Waals surface area contributed by atoms with Gasteiger partial charge in [0.2, 0.25) is 0 Å². The van der Waals surface area contributed by atoms with E-state index < -0.39 is 0 Å². The van der Waals surface area contributed by atoms with Crippen molar-refractivity contribution in [3.05, 3.63) is 86.5 Å². The molecule has 0 aliphatic rings. The monoisotopic (exact) mass is 487 g/mol. The molecule has 0 aromatic heterocycles. The van der Waals surface area contributed by atoms with E-state index in [0.29, 0.717) is 13.2 Å². The molecule has 4 heteroatoms. The fourth-order valence-corrected chi connectivity index (χ4v) is 3.89. The Morgan fingerprint density at radius 2 is 1.68 bits per heavy atom. The van der Waals surface area contributed by atoms with Crippen LogP contribution in [-0.2, 0) is 13.2 Å². The number of nitrogens with one attached hydrogen (secondary N) is 1. The predicted octanol–water partition coefficient (Wildman–Crippen LogP) is 6.50. The standard InChI is InChI=1S/C24H26INO2/c1-4-27-23-14-20(15-26-22-11-10-17(2)12-18(22)3)13-21(25)24(23)28-16-19-8-6-5-7-9-19/h5-14,26H,4,15-16H2,1-3H3. The van der Waals surface area contributed by atoms with Gasteiger partial charge in [-0.15, -0.1) is 0 Å². The summed E-state index contributed by atoms with van der Waals surface area (Å²) in [4.78, 5) is 0. The van der Waals surface area contributed by atoms with Crippen molar-refractivity contribution in [2.24, 2.45) is 0 Å². The average molecular weight is 487 g/mol. The summed E-state index contributed by atoms with van der Waals surface area (Å²) in [6.07, 6.45) is 0. The van der Waals surface area contributed by atoms with Gasteiger partial charge >= 0.3 is 0 Å². The second-order valence-electron chi connectivity index (χ2n) is 6.78. The summed E-state index contributed by atoms with van der Waals surface area (Å²) in [6, 6.07) is 20.9. The number of aryl methyl sites for hydroxylation is 2. The van der Waals surface area contributed by atoms with Crippen molar-refractivity contribution in [2.45, 2.75) is 33.9 Å². The van der Waals surface area contributed by atoms with E-state index in [0.717, 1.165) is 32.9 Å². The smallest absolute Gasteiger partial charge is 0.174 e. The molecule has 146 valence electrons. The van der Waals surface area contributed by atoms with E-state index in [2.05, 4.69) is 84.2 Å². The second kappa shape index (κ2) is 9.82. The fraction of sp³-hybridized carbons (Fsp3) is 0.250. The van der Waals surface area contributed by atoms with Crippen molar-refractivity contribution in [2.75, 3.05) is 11.9 Å². The fourth-order valence-electron chi connectivity index (χ4n) is 3.07. The number of halogens is 1. The maximum atomic E-state index is 6.10. The third-order valence-electron chi connectivity index (χ3n) is 4.46. The quantitative estimate of drug-likeness (QED) is 0.368. The largest absolute Gasteiger partial charge is 0.490 e. The van der Waals surface area contributed by atoms with Crippen LogP contribution in [0.15, 0.2) is 60.7 Å². The number of benzene rings is 3. The van der Waals surface area contributed by atoms with Gasteiger partial charge in [0.05, 0.1) is 10.2 Å². The molecule has 0 saturated carbocycles. The van der Waals surface area contributed by atoms with Crippen LogP contribution in [0.1, 0.15) is 29.2 Å². The van der Waals surface area contributed by atoms with E-state index in [1.54, 1.807) is 0 Å². The van der Waals surface area contributed by atoms with Crippen LogP contribution >= 0.6 is 22.6 Å². The van der Waals surface area contributed by atoms with Crippen LogP contribution in [0.3, 0.4) is 0 Å². The zero-order valence-corrected chi connectivity index (χ0v) is 18.7. The summed E-state index contributed by atoms with van der Waals surface area (Å²) in [5, 5.41) is 3.53. The van der Waals surface area contributed by atoms with Crippen LogP contribution in [0.5, 0.6) is 11.5 Å². The Bertz CT molecular complexity index is 925. The minimum absolute atomic E-state index is 0.525. The Hall–Kier alpha value is -2.21. The molecule has 3 rings (SSSR count). The van der Waals surface area contributed by atoms with Gasteiger partial charge in [-0.2, -0.15) is 0 Å². The first-order valence-electron chi connectivity index (χ1n) is 9.50. The Labute approximate surface area is 181 Å². The van der Waals surface area contributed by atoms with Crippen LogP contribution in [0.4, 0.5) is 5.69 Å². The van der Waals surface area contributed by atoms with E-state index in [1.165, 1.54) is 16.7 Å². The van der Waals surface area contributed by atoms with Crippen molar-refractivity contribution >= 4 is 28.3 Å². The molecule has 0 saturated heterocycles. The Morgan fingerprint density at radius 3 is 2.39 bits per heavy atom. The summed E-state index contributed by atoms with van der Waals surface area (Å²) >= 11 is 2.33. The van der Waals surface area contributed by atoms with Gasteiger partial charge in [0, 0.05) is 12.2 Å². The molecule has 0 amide bonds. The van der Waals surface area contributed by atoms with Crippen molar-refractivity contribution in [3.63, 3.8) is 0 Å². The molecule has 0 fully saturated rings. The molecule has 3 nitrogen and oxygen atoms in total. The van der Waals surface area contributed by atoms with Gasteiger partial charge in [0.15, 0.2) is 11.5 Å². The van der Waals surface area contributed by atoms with Crippen LogP contribution in [-0.4, -0.2) is 6.61 Å². The van der Waals surface area contributed by atoms with E-state index in [4.69, 9.17) is 9.47 Å². The van der Waals surface area contributed by atoms with Crippen LogP contribution in [0, 0.1) is 17.4 Å². The first kappa shape index (κ1) is 20.5. The third kappa shape index (κ3) is 5.41. The summed E-state index contributed by atoms with van der Waals surface area (Å²) in [7, 11) is 0. The van der Waals surface area contributed by atoms with Crippen LogP contribution in [0.2, 0.25) is 0 Å². The number of hydrogen-bond acceptors (Lipinski definition) is 3. The lowest BCUT2D eigenvalue weighted by atomic mass is 10.1. The van der Waals surface area contributed by atoms with E-state index in [1.807, 2.05) is 25.1 Å².